The van der Waals surface area contributed by atoms with Gasteiger partial charge in [-0.2, -0.15) is 0 Å². The Morgan fingerprint density at radius 1 is 1.58 bits per heavy atom. The molecule has 1 heterocycles. The third-order valence-corrected chi connectivity index (χ3v) is 1.57. The fraction of sp³-hybridized carbons (Fsp3) is 0.556. The molecule has 1 aromatic rings. The van der Waals surface area contributed by atoms with Crippen molar-refractivity contribution in [2.75, 3.05) is 6.54 Å². The average molecular weight is 167 g/mol. The van der Waals surface area contributed by atoms with Gasteiger partial charge in [0, 0.05) is 31.0 Å². The molecule has 0 unspecified atom stereocenters. The van der Waals surface area contributed by atoms with Gasteiger partial charge in [0.25, 0.3) is 0 Å². The third kappa shape index (κ3) is 3.55. The lowest BCUT2D eigenvalue weighted by atomic mass is 10.1. The topological polar surface area (TPSA) is 53.8 Å². The van der Waals surface area contributed by atoms with Crippen molar-refractivity contribution in [3.05, 3.63) is 24.0 Å². The first-order chi connectivity index (χ1) is 5.58. The van der Waals surface area contributed by atoms with Gasteiger partial charge in [-0.1, -0.05) is 0 Å². The molecular formula is C9H17N3. The van der Waals surface area contributed by atoms with E-state index in [0.29, 0.717) is 0 Å². The smallest absolute Gasteiger partial charge is 0.0223 e. The van der Waals surface area contributed by atoms with Crippen LogP contribution in [0.2, 0.25) is 0 Å². The van der Waals surface area contributed by atoms with E-state index < -0.39 is 0 Å². The molecule has 0 saturated carbocycles. The third-order valence-electron chi connectivity index (χ3n) is 1.57. The zero-order valence-electron chi connectivity index (χ0n) is 7.72. The first-order valence-corrected chi connectivity index (χ1v) is 4.19. The van der Waals surface area contributed by atoms with Gasteiger partial charge in [-0.25, -0.2) is 0 Å². The van der Waals surface area contributed by atoms with Gasteiger partial charge in [-0.15, -0.1) is 0 Å². The van der Waals surface area contributed by atoms with Crippen LogP contribution < -0.4 is 11.1 Å². The first kappa shape index (κ1) is 9.29. The largest absolute Gasteiger partial charge is 0.367 e. The van der Waals surface area contributed by atoms with E-state index in [0.717, 1.165) is 13.1 Å². The minimum absolute atomic E-state index is 0.129. The van der Waals surface area contributed by atoms with Gasteiger partial charge in [0.15, 0.2) is 0 Å². The minimum Gasteiger partial charge on any atom is -0.367 e. The summed E-state index contributed by atoms with van der Waals surface area (Å²) in [4.78, 5) is 3.01. The van der Waals surface area contributed by atoms with Crippen molar-refractivity contribution in [1.82, 2.24) is 10.3 Å². The van der Waals surface area contributed by atoms with Crippen LogP contribution in [0.5, 0.6) is 0 Å². The van der Waals surface area contributed by atoms with E-state index in [9.17, 15) is 0 Å². The van der Waals surface area contributed by atoms with Crippen molar-refractivity contribution in [3.63, 3.8) is 0 Å². The highest BCUT2D eigenvalue weighted by Gasteiger charge is 2.08. The van der Waals surface area contributed by atoms with E-state index in [1.807, 2.05) is 26.2 Å². The second-order valence-corrected chi connectivity index (χ2v) is 3.81. The molecule has 0 aliphatic carbocycles. The van der Waals surface area contributed by atoms with Crippen molar-refractivity contribution in [2.24, 2.45) is 5.73 Å². The van der Waals surface area contributed by atoms with Gasteiger partial charge < -0.3 is 16.0 Å². The average Bonchev–Trinajstić information content (AvgIpc) is 2.36. The molecule has 3 heteroatoms. The monoisotopic (exact) mass is 167 g/mol. The van der Waals surface area contributed by atoms with E-state index >= 15 is 0 Å². The maximum Gasteiger partial charge on any atom is 0.0223 e. The Morgan fingerprint density at radius 3 is 2.83 bits per heavy atom. The van der Waals surface area contributed by atoms with E-state index in [2.05, 4.69) is 16.4 Å². The summed E-state index contributed by atoms with van der Waals surface area (Å²) in [6.45, 7) is 5.73. The molecule has 12 heavy (non-hydrogen) atoms. The number of nitrogens with one attached hydrogen (secondary N) is 2. The van der Waals surface area contributed by atoms with Crippen molar-refractivity contribution in [2.45, 2.75) is 25.9 Å². The van der Waals surface area contributed by atoms with Gasteiger partial charge in [0.2, 0.25) is 0 Å². The zero-order chi connectivity index (χ0) is 9.03. The molecule has 68 valence electrons. The van der Waals surface area contributed by atoms with E-state index in [1.165, 1.54) is 5.56 Å². The molecule has 0 amide bonds. The van der Waals surface area contributed by atoms with Crippen molar-refractivity contribution in [3.8, 4) is 0 Å². The summed E-state index contributed by atoms with van der Waals surface area (Å²) in [5.74, 6) is 0. The summed E-state index contributed by atoms with van der Waals surface area (Å²) in [6.07, 6.45) is 3.90. The molecule has 1 aromatic heterocycles. The molecule has 4 N–H and O–H groups in total. The lowest BCUT2D eigenvalue weighted by Crippen LogP contribution is -2.42. The first-order valence-electron chi connectivity index (χ1n) is 4.19. The number of rotatable bonds is 4. The van der Waals surface area contributed by atoms with E-state index in [1.54, 1.807) is 0 Å². The highest BCUT2D eigenvalue weighted by Crippen LogP contribution is 1.97. The molecule has 1 rings (SSSR count). The van der Waals surface area contributed by atoms with Crippen LogP contribution in [-0.4, -0.2) is 17.1 Å². The van der Waals surface area contributed by atoms with Crippen molar-refractivity contribution < 1.29 is 0 Å². The highest BCUT2D eigenvalue weighted by atomic mass is 14.9. The van der Waals surface area contributed by atoms with Gasteiger partial charge in [0.05, 0.1) is 0 Å². The zero-order valence-corrected chi connectivity index (χ0v) is 7.72. The Labute approximate surface area is 73.4 Å². The van der Waals surface area contributed by atoms with E-state index in [-0.39, 0.29) is 5.54 Å². The molecule has 0 spiro atoms. The quantitative estimate of drug-likeness (QED) is 0.622. The Balaban J connectivity index is 2.20. The van der Waals surface area contributed by atoms with Crippen LogP contribution in [0.1, 0.15) is 19.4 Å². The maximum atomic E-state index is 5.80. The van der Waals surface area contributed by atoms with Crippen molar-refractivity contribution >= 4 is 0 Å². The molecule has 0 bridgehead atoms. The van der Waals surface area contributed by atoms with Gasteiger partial charge in [0.1, 0.15) is 0 Å². The summed E-state index contributed by atoms with van der Waals surface area (Å²) in [7, 11) is 0. The number of aromatic amines is 1. The molecule has 3 nitrogen and oxygen atoms in total. The van der Waals surface area contributed by atoms with Crippen LogP contribution in [-0.2, 0) is 6.54 Å². The second-order valence-electron chi connectivity index (χ2n) is 3.81. The molecule has 0 fully saturated rings. The summed E-state index contributed by atoms with van der Waals surface area (Å²) >= 11 is 0. The normalized spacial score (nSPS) is 11.9. The Bertz CT molecular complexity index is 208. The number of nitrogens with two attached hydrogens (primary N) is 1. The Morgan fingerprint density at radius 2 is 2.33 bits per heavy atom. The van der Waals surface area contributed by atoms with Gasteiger partial charge in [-0.3, -0.25) is 0 Å². The van der Waals surface area contributed by atoms with Gasteiger partial charge in [-0.05, 0) is 25.5 Å². The lowest BCUT2D eigenvalue weighted by Gasteiger charge is -2.18. The molecular weight excluding hydrogens is 150 g/mol. The molecule has 0 radical (unpaired) electrons. The molecule has 0 aliphatic heterocycles. The summed E-state index contributed by atoms with van der Waals surface area (Å²) in [5.41, 5.74) is 6.94. The Hall–Kier alpha value is -0.800. The molecule has 0 aromatic carbocycles. The van der Waals surface area contributed by atoms with Crippen molar-refractivity contribution in [1.29, 1.82) is 0 Å². The number of H-pyrrole nitrogens is 1. The maximum absolute atomic E-state index is 5.80. The minimum atomic E-state index is -0.129. The van der Waals surface area contributed by atoms with Crippen LogP contribution in [0, 0.1) is 0 Å². The SMILES string of the molecule is CC(C)(N)CNCc1cc[nH]c1. The molecule has 0 saturated heterocycles. The lowest BCUT2D eigenvalue weighted by molar-refractivity contribution is 0.467. The van der Waals surface area contributed by atoms with E-state index in [4.69, 9.17) is 5.73 Å². The predicted molar refractivity (Wildman–Crippen MR) is 50.8 cm³/mol. The van der Waals surface area contributed by atoms with Crippen LogP contribution >= 0.6 is 0 Å². The van der Waals surface area contributed by atoms with Crippen LogP contribution in [0.25, 0.3) is 0 Å². The summed E-state index contributed by atoms with van der Waals surface area (Å²) in [5, 5.41) is 3.28. The van der Waals surface area contributed by atoms with Crippen LogP contribution in [0.15, 0.2) is 18.5 Å². The van der Waals surface area contributed by atoms with Crippen LogP contribution in [0.3, 0.4) is 0 Å². The fourth-order valence-corrected chi connectivity index (χ4v) is 0.997. The second kappa shape index (κ2) is 3.74. The summed E-state index contributed by atoms with van der Waals surface area (Å²) in [6, 6.07) is 2.05. The number of hydrogen-bond acceptors (Lipinski definition) is 2. The standard InChI is InChI=1S/C9H17N3/c1-9(2,10)7-12-6-8-3-4-11-5-8/h3-5,11-12H,6-7,10H2,1-2H3. The predicted octanol–water partition coefficient (Wildman–Crippen LogP) is 0.842. The highest BCUT2D eigenvalue weighted by molar-refractivity contribution is 5.07. The Kier molecular flexibility index (Phi) is 2.89. The number of hydrogen-bond donors (Lipinski definition) is 3. The molecule has 0 atom stereocenters. The van der Waals surface area contributed by atoms with Gasteiger partial charge >= 0.3 is 0 Å². The fourth-order valence-electron chi connectivity index (χ4n) is 0.997. The molecule has 0 aliphatic rings. The van der Waals surface area contributed by atoms with Crippen LogP contribution in [0.4, 0.5) is 0 Å². The number of aromatic nitrogens is 1. The summed E-state index contributed by atoms with van der Waals surface area (Å²) < 4.78 is 0.